The molecule has 0 bridgehead atoms. The van der Waals surface area contributed by atoms with Gasteiger partial charge in [0.05, 0.1) is 13.7 Å². The van der Waals surface area contributed by atoms with Crippen molar-refractivity contribution in [3.63, 3.8) is 0 Å². The molecule has 0 aliphatic heterocycles. The number of rotatable bonds is 8. The zero-order valence-electron chi connectivity index (χ0n) is 10.8. The number of methoxy groups -OCH3 is 1. The molecule has 0 fully saturated rings. The predicted molar refractivity (Wildman–Crippen MR) is 67.7 cm³/mol. The van der Waals surface area contributed by atoms with E-state index in [-0.39, 0.29) is 0 Å². The van der Waals surface area contributed by atoms with Gasteiger partial charge in [-0.25, -0.2) is 0 Å². The molecule has 0 heterocycles. The molecule has 17 heavy (non-hydrogen) atoms. The molecule has 4 heteroatoms. The van der Waals surface area contributed by atoms with Crippen LogP contribution < -0.4 is 14.8 Å². The van der Waals surface area contributed by atoms with Gasteiger partial charge in [0.15, 0.2) is 11.5 Å². The van der Waals surface area contributed by atoms with Crippen LogP contribution in [-0.4, -0.2) is 34.0 Å². The molecule has 0 atom stereocenters. The van der Waals surface area contributed by atoms with E-state index in [1.807, 2.05) is 32.2 Å². The highest BCUT2D eigenvalue weighted by molar-refractivity contribution is 5.42. The Hall–Kier alpha value is -1.26. The summed E-state index contributed by atoms with van der Waals surface area (Å²) in [6, 6.07) is 5.93. The highest BCUT2D eigenvalue weighted by atomic mass is 16.5. The third-order valence-corrected chi connectivity index (χ3v) is 2.30. The first-order chi connectivity index (χ1) is 8.31. The van der Waals surface area contributed by atoms with Crippen molar-refractivity contribution in [2.75, 3.05) is 34.0 Å². The van der Waals surface area contributed by atoms with Crippen LogP contribution in [0.4, 0.5) is 0 Å². The quantitative estimate of drug-likeness (QED) is 0.703. The Labute approximate surface area is 103 Å². The maximum atomic E-state index is 5.64. The van der Waals surface area contributed by atoms with Crippen molar-refractivity contribution in [2.45, 2.75) is 13.5 Å². The lowest BCUT2D eigenvalue weighted by molar-refractivity contribution is 0.109. The lowest BCUT2D eigenvalue weighted by Crippen LogP contribution is -2.09. The van der Waals surface area contributed by atoms with Crippen molar-refractivity contribution in [1.29, 1.82) is 0 Å². The Morgan fingerprint density at radius 1 is 1.18 bits per heavy atom. The molecule has 0 aliphatic carbocycles. The Balaban J connectivity index is 2.62. The molecule has 4 nitrogen and oxygen atoms in total. The molecular formula is C13H21NO3. The summed E-state index contributed by atoms with van der Waals surface area (Å²) >= 11 is 0. The Morgan fingerprint density at radius 2 is 2.00 bits per heavy atom. The third-order valence-electron chi connectivity index (χ3n) is 2.30. The number of benzene rings is 1. The fourth-order valence-electron chi connectivity index (χ4n) is 1.50. The van der Waals surface area contributed by atoms with Gasteiger partial charge in [0, 0.05) is 13.2 Å². The molecule has 0 saturated heterocycles. The van der Waals surface area contributed by atoms with Crippen molar-refractivity contribution >= 4 is 0 Å². The molecule has 0 saturated carbocycles. The SMILES string of the molecule is CCOCCOc1cc(CNC)ccc1OC. The first-order valence-electron chi connectivity index (χ1n) is 5.83. The van der Waals surface area contributed by atoms with Crippen LogP contribution in [0.1, 0.15) is 12.5 Å². The molecule has 1 aromatic carbocycles. The maximum Gasteiger partial charge on any atom is 0.161 e. The standard InChI is InChI=1S/C13H21NO3/c1-4-16-7-8-17-13-9-11(10-14-2)5-6-12(13)15-3/h5-6,9,14H,4,7-8,10H2,1-3H3. The Kier molecular flexibility index (Phi) is 6.43. The minimum atomic E-state index is 0.535. The Morgan fingerprint density at radius 3 is 2.65 bits per heavy atom. The van der Waals surface area contributed by atoms with E-state index in [0.717, 1.165) is 18.0 Å². The van der Waals surface area contributed by atoms with Gasteiger partial charge in [-0.1, -0.05) is 6.07 Å². The van der Waals surface area contributed by atoms with E-state index in [0.29, 0.717) is 19.8 Å². The van der Waals surface area contributed by atoms with E-state index in [2.05, 4.69) is 5.32 Å². The van der Waals surface area contributed by atoms with Crippen LogP contribution in [0, 0.1) is 0 Å². The molecule has 1 N–H and O–H groups in total. The summed E-state index contributed by atoms with van der Waals surface area (Å²) in [5.41, 5.74) is 1.17. The molecule has 1 rings (SSSR count). The number of hydrogen-bond donors (Lipinski definition) is 1. The molecule has 0 unspecified atom stereocenters. The zero-order valence-corrected chi connectivity index (χ0v) is 10.8. The fraction of sp³-hybridized carbons (Fsp3) is 0.538. The maximum absolute atomic E-state index is 5.64. The van der Waals surface area contributed by atoms with Crippen molar-refractivity contribution in [3.05, 3.63) is 23.8 Å². The molecule has 0 radical (unpaired) electrons. The first kappa shape index (κ1) is 13.8. The zero-order chi connectivity index (χ0) is 12.5. The van der Waals surface area contributed by atoms with Crippen molar-refractivity contribution in [3.8, 4) is 11.5 Å². The molecule has 1 aromatic rings. The highest BCUT2D eigenvalue weighted by Crippen LogP contribution is 2.27. The van der Waals surface area contributed by atoms with Gasteiger partial charge >= 0.3 is 0 Å². The monoisotopic (exact) mass is 239 g/mol. The van der Waals surface area contributed by atoms with E-state index < -0.39 is 0 Å². The summed E-state index contributed by atoms with van der Waals surface area (Å²) in [5, 5.41) is 3.10. The van der Waals surface area contributed by atoms with E-state index in [9.17, 15) is 0 Å². The van der Waals surface area contributed by atoms with E-state index in [1.54, 1.807) is 7.11 Å². The van der Waals surface area contributed by atoms with Gasteiger partial charge in [0.25, 0.3) is 0 Å². The number of nitrogens with one attached hydrogen (secondary N) is 1. The summed E-state index contributed by atoms with van der Waals surface area (Å²) in [4.78, 5) is 0. The molecule has 0 aromatic heterocycles. The molecule has 0 spiro atoms. The summed E-state index contributed by atoms with van der Waals surface area (Å²) in [6.45, 7) is 4.61. The number of ether oxygens (including phenoxy) is 3. The van der Waals surface area contributed by atoms with Crippen LogP contribution in [0.3, 0.4) is 0 Å². The summed E-state index contributed by atoms with van der Waals surface area (Å²) < 4.78 is 16.1. The highest BCUT2D eigenvalue weighted by Gasteiger charge is 2.05. The largest absolute Gasteiger partial charge is 0.493 e. The molecular weight excluding hydrogens is 218 g/mol. The lowest BCUT2D eigenvalue weighted by atomic mass is 10.2. The smallest absolute Gasteiger partial charge is 0.161 e. The van der Waals surface area contributed by atoms with Crippen LogP contribution in [0.2, 0.25) is 0 Å². The first-order valence-corrected chi connectivity index (χ1v) is 5.83. The number of hydrogen-bond acceptors (Lipinski definition) is 4. The fourth-order valence-corrected chi connectivity index (χ4v) is 1.50. The van der Waals surface area contributed by atoms with Crippen LogP contribution in [0.25, 0.3) is 0 Å². The van der Waals surface area contributed by atoms with Crippen LogP contribution in [0.5, 0.6) is 11.5 Å². The minimum absolute atomic E-state index is 0.535. The predicted octanol–water partition coefficient (Wildman–Crippen LogP) is 1.83. The second-order valence-electron chi connectivity index (χ2n) is 3.56. The van der Waals surface area contributed by atoms with Gasteiger partial charge in [0.2, 0.25) is 0 Å². The van der Waals surface area contributed by atoms with Gasteiger partial charge in [-0.15, -0.1) is 0 Å². The average molecular weight is 239 g/mol. The van der Waals surface area contributed by atoms with Crippen molar-refractivity contribution in [2.24, 2.45) is 0 Å². The van der Waals surface area contributed by atoms with E-state index in [4.69, 9.17) is 14.2 Å². The second-order valence-corrected chi connectivity index (χ2v) is 3.56. The van der Waals surface area contributed by atoms with Gasteiger partial charge in [0.1, 0.15) is 6.61 Å². The van der Waals surface area contributed by atoms with Gasteiger partial charge in [-0.3, -0.25) is 0 Å². The van der Waals surface area contributed by atoms with E-state index >= 15 is 0 Å². The lowest BCUT2D eigenvalue weighted by Gasteiger charge is -2.12. The summed E-state index contributed by atoms with van der Waals surface area (Å²) in [6.07, 6.45) is 0. The van der Waals surface area contributed by atoms with Gasteiger partial charge < -0.3 is 19.5 Å². The average Bonchev–Trinajstić information content (AvgIpc) is 2.35. The Bertz CT molecular complexity index is 328. The molecule has 96 valence electrons. The van der Waals surface area contributed by atoms with Crippen LogP contribution >= 0.6 is 0 Å². The van der Waals surface area contributed by atoms with E-state index in [1.165, 1.54) is 5.56 Å². The van der Waals surface area contributed by atoms with Gasteiger partial charge in [-0.2, -0.15) is 0 Å². The minimum Gasteiger partial charge on any atom is -0.493 e. The van der Waals surface area contributed by atoms with Crippen molar-refractivity contribution < 1.29 is 14.2 Å². The van der Waals surface area contributed by atoms with Gasteiger partial charge in [-0.05, 0) is 31.7 Å². The van der Waals surface area contributed by atoms with Crippen LogP contribution in [0.15, 0.2) is 18.2 Å². The third kappa shape index (κ3) is 4.63. The molecule has 0 aliphatic rings. The normalized spacial score (nSPS) is 10.3. The van der Waals surface area contributed by atoms with Crippen molar-refractivity contribution in [1.82, 2.24) is 5.32 Å². The topological polar surface area (TPSA) is 39.7 Å². The second kappa shape index (κ2) is 7.92. The summed E-state index contributed by atoms with van der Waals surface area (Å²) in [7, 11) is 3.56. The molecule has 0 amide bonds. The van der Waals surface area contributed by atoms with Crippen LogP contribution in [-0.2, 0) is 11.3 Å². The summed E-state index contributed by atoms with van der Waals surface area (Å²) in [5.74, 6) is 1.52.